The normalized spacial score (nSPS) is 14.0. The summed E-state index contributed by atoms with van der Waals surface area (Å²) in [6.45, 7) is 3.34. The lowest BCUT2D eigenvalue weighted by molar-refractivity contribution is -0.137. The van der Waals surface area contributed by atoms with Gasteiger partial charge in [-0.2, -0.15) is 13.2 Å². The second-order valence-corrected chi connectivity index (χ2v) is 7.50. The minimum atomic E-state index is -4.59. The lowest BCUT2D eigenvalue weighted by atomic mass is 10.0. The number of benzene rings is 2. The molecule has 0 aliphatic carbocycles. The Morgan fingerprint density at radius 2 is 1.66 bits per heavy atom. The molecule has 0 atom stereocenters. The number of alkyl halides is 3. The Bertz CT molecular complexity index is 1270. The van der Waals surface area contributed by atoms with Gasteiger partial charge < -0.3 is 9.88 Å². The Hall–Kier alpha value is -3.62. The maximum absolute atomic E-state index is 13.7. The van der Waals surface area contributed by atoms with Gasteiger partial charge in [0.15, 0.2) is 0 Å². The number of aryl methyl sites for hydroxylation is 2. The fraction of sp³-hybridized carbons (Fsp3) is 0.217. The van der Waals surface area contributed by atoms with Gasteiger partial charge >= 0.3 is 6.18 Å². The highest BCUT2D eigenvalue weighted by Gasteiger charge is 2.37. The largest absolute Gasteiger partial charge is 0.416 e. The standard InChI is InChI=1S/C23H19F4N3O2/c1-3-17-19(8-9-21(31)28-17)30-12-29(18-7-5-15(24)10-13(18)2)20-11-14(23(25,26)27)4-6-16(20)22(30)32/h4-11H,3,12H2,1-2H3,(H,28,31). The van der Waals surface area contributed by atoms with E-state index in [1.807, 2.05) is 6.92 Å². The summed E-state index contributed by atoms with van der Waals surface area (Å²) in [7, 11) is 0. The third-order valence-corrected chi connectivity index (χ3v) is 5.44. The summed E-state index contributed by atoms with van der Waals surface area (Å²) in [5, 5.41) is 0. The van der Waals surface area contributed by atoms with E-state index in [0.29, 0.717) is 29.1 Å². The Kier molecular flexibility index (Phi) is 5.28. The van der Waals surface area contributed by atoms with Crippen LogP contribution < -0.4 is 15.4 Å². The summed E-state index contributed by atoms with van der Waals surface area (Å²) in [6, 6.07) is 9.71. The average Bonchev–Trinajstić information content (AvgIpc) is 2.74. The summed E-state index contributed by atoms with van der Waals surface area (Å²) in [5.74, 6) is -0.971. The summed E-state index contributed by atoms with van der Waals surface area (Å²) < 4.78 is 53.9. The van der Waals surface area contributed by atoms with E-state index in [1.165, 1.54) is 35.2 Å². The fourth-order valence-electron chi connectivity index (χ4n) is 3.88. The minimum Gasteiger partial charge on any atom is -0.324 e. The fourth-order valence-corrected chi connectivity index (χ4v) is 3.88. The molecule has 0 saturated carbocycles. The number of rotatable bonds is 3. The predicted octanol–water partition coefficient (Wildman–Crippen LogP) is 5.16. The molecular formula is C23H19F4N3O2. The molecule has 0 saturated heterocycles. The molecule has 0 fully saturated rings. The first kappa shape index (κ1) is 21.6. The van der Waals surface area contributed by atoms with Crippen molar-refractivity contribution in [2.75, 3.05) is 16.5 Å². The lowest BCUT2D eigenvalue weighted by Crippen LogP contribution is -2.46. The van der Waals surface area contributed by atoms with Crippen LogP contribution in [0.2, 0.25) is 0 Å². The number of fused-ring (bicyclic) bond motifs is 1. The van der Waals surface area contributed by atoms with E-state index in [4.69, 9.17) is 0 Å². The number of aromatic amines is 1. The van der Waals surface area contributed by atoms with Crippen LogP contribution in [0.4, 0.5) is 34.6 Å². The zero-order valence-corrected chi connectivity index (χ0v) is 17.3. The molecule has 0 unspecified atom stereocenters. The topological polar surface area (TPSA) is 56.4 Å². The van der Waals surface area contributed by atoms with Gasteiger partial charge in [0.25, 0.3) is 5.91 Å². The van der Waals surface area contributed by atoms with Crippen LogP contribution in [0.25, 0.3) is 0 Å². The third kappa shape index (κ3) is 3.74. The molecule has 5 nitrogen and oxygen atoms in total. The second kappa shape index (κ2) is 7.81. The zero-order valence-electron chi connectivity index (χ0n) is 17.3. The number of nitrogens with one attached hydrogen (secondary N) is 1. The van der Waals surface area contributed by atoms with Gasteiger partial charge in [0, 0.05) is 17.4 Å². The second-order valence-electron chi connectivity index (χ2n) is 7.50. The Labute approximate surface area is 180 Å². The Balaban J connectivity index is 1.93. The molecule has 1 N–H and O–H groups in total. The molecule has 1 aliphatic rings. The van der Waals surface area contributed by atoms with Gasteiger partial charge in [0.05, 0.1) is 22.5 Å². The number of hydrogen-bond donors (Lipinski definition) is 1. The number of anilines is 3. The first-order valence-corrected chi connectivity index (χ1v) is 9.89. The van der Waals surface area contributed by atoms with Crippen molar-refractivity contribution in [2.45, 2.75) is 26.4 Å². The van der Waals surface area contributed by atoms with E-state index < -0.39 is 23.5 Å². The number of carbonyl (C=O) groups is 1. The van der Waals surface area contributed by atoms with Gasteiger partial charge in [-0.15, -0.1) is 0 Å². The van der Waals surface area contributed by atoms with Crippen LogP contribution in [0, 0.1) is 12.7 Å². The van der Waals surface area contributed by atoms with Crippen molar-refractivity contribution in [3.8, 4) is 0 Å². The van der Waals surface area contributed by atoms with E-state index in [9.17, 15) is 27.2 Å². The van der Waals surface area contributed by atoms with Crippen LogP contribution in [0.1, 0.15) is 34.1 Å². The summed E-state index contributed by atoms with van der Waals surface area (Å²) in [4.78, 5) is 30.7. The zero-order chi connectivity index (χ0) is 23.2. The monoisotopic (exact) mass is 445 g/mol. The molecule has 2 aromatic carbocycles. The summed E-state index contributed by atoms with van der Waals surface area (Å²) in [6.07, 6.45) is -4.16. The first-order chi connectivity index (χ1) is 15.1. The van der Waals surface area contributed by atoms with Crippen LogP contribution in [0.15, 0.2) is 53.3 Å². The maximum atomic E-state index is 13.7. The quantitative estimate of drug-likeness (QED) is 0.567. The van der Waals surface area contributed by atoms with E-state index in [0.717, 1.165) is 18.2 Å². The highest BCUT2D eigenvalue weighted by molar-refractivity contribution is 6.12. The van der Waals surface area contributed by atoms with Gasteiger partial charge in [0.2, 0.25) is 5.56 Å². The Morgan fingerprint density at radius 1 is 0.938 bits per heavy atom. The number of hydrogen-bond acceptors (Lipinski definition) is 3. The number of nitrogens with zero attached hydrogens (tertiary/aromatic N) is 2. The minimum absolute atomic E-state index is 0.0706. The predicted molar refractivity (Wildman–Crippen MR) is 113 cm³/mol. The smallest absolute Gasteiger partial charge is 0.324 e. The molecule has 9 heteroatoms. The number of halogens is 4. The van der Waals surface area contributed by atoms with Crippen molar-refractivity contribution in [1.29, 1.82) is 0 Å². The third-order valence-electron chi connectivity index (χ3n) is 5.44. The molecule has 0 spiro atoms. The van der Waals surface area contributed by atoms with Crippen molar-refractivity contribution in [1.82, 2.24) is 4.98 Å². The molecule has 166 valence electrons. The van der Waals surface area contributed by atoms with Crippen molar-refractivity contribution in [3.63, 3.8) is 0 Å². The summed E-state index contributed by atoms with van der Waals surface area (Å²) >= 11 is 0. The molecule has 32 heavy (non-hydrogen) atoms. The van der Waals surface area contributed by atoms with Gasteiger partial charge in [-0.3, -0.25) is 14.5 Å². The van der Waals surface area contributed by atoms with Crippen LogP contribution in [0.3, 0.4) is 0 Å². The number of pyridine rings is 1. The summed E-state index contributed by atoms with van der Waals surface area (Å²) in [5.41, 5.74) is 0.882. The van der Waals surface area contributed by atoms with Crippen molar-refractivity contribution >= 4 is 23.0 Å². The first-order valence-electron chi connectivity index (χ1n) is 9.89. The van der Waals surface area contributed by atoms with Gasteiger partial charge in [0.1, 0.15) is 12.5 Å². The van der Waals surface area contributed by atoms with E-state index in [2.05, 4.69) is 4.98 Å². The molecule has 1 aromatic heterocycles. The molecule has 1 aliphatic heterocycles. The van der Waals surface area contributed by atoms with Gasteiger partial charge in [-0.05, 0) is 61.4 Å². The van der Waals surface area contributed by atoms with E-state index >= 15 is 0 Å². The number of carbonyl (C=O) groups excluding carboxylic acids is 1. The number of H-pyrrole nitrogens is 1. The van der Waals surface area contributed by atoms with Crippen molar-refractivity contribution in [3.05, 3.63) is 87.1 Å². The van der Waals surface area contributed by atoms with Gasteiger partial charge in [-0.1, -0.05) is 6.92 Å². The van der Waals surface area contributed by atoms with Gasteiger partial charge in [-0.25, -0.2) is 4.39 Å². The lowest BCUT2D eigenvalue weighted by Gasteiger charge is -2.39. The highest BCUT2D eigenvalue weighted by atomic mass is 19.4. The molecule has 1 amide bonds. The molecule has 0 bridgehead atoms. The molecular weight excluding hydrogens is 426 g/mol. The van der Waals surface area contributed by atoms with E-state index in [-0.39, 0.29) is 23.5 Å². The SMILES string of the molecule is CCc1[nH]c(=O)ccc1N1CN(c2ccc(F)cc2C)c2cc(C(F)(F)F)ccc2C1=O. The van der Waals surface area contributed by atoms with Crippen LogP contribution in [0.5, 0.6) is 0 Å². The number of aromatic nitrogens is 1. The van der Waals surface area contributed by atoms with Crippen LogP contribution >= 0.6 is 0 Å². The molecule has 4 rings (SSSR count). The van der Waals surface area contributed by atoms with E-state index in [1.54, 1.807) is 11.8 Å². The highest BCUT2D eigenvalue weighted by Crippen LogP contribution is 2.41. The maximum Gasteiger partial charge on any atom is 0.416 e. The number of amides is 1. The average molecular weight is 445 g/mol. The van der Waals surface area contributed by atoms with Crippen LogP contribution in [-0.2, 0) is 12.6 Å². The molecule has 2 heterocycles. The molecule has 0 radical (unpaired) electrons. The molecule has 3 aromatic rings. The van der Waals surface area contributed by atoms with Crippen molar-refractivity contribution < 1.29 is 22.4 Å². The van der Waals surface area contributed by atoms with Crippen molar-refractivity contribution in [2.24, 2.45) is 0 Å². The Morgan fingerprint density at radius 3 is 2.31 bits per heavy atom. The van der Waals surface area contributed by atoms with Crippen LogP contribution in [-0.4, -0.2) is 17.6 Å².